The van der Waals surface area contributed by atoms with Crippen molar-refractivity contribution in [2.24, 2.45) is 14.1 Å². The standard InChI is InChI=1S/C33H30Cl2F3N7O5/c1-44-28-24(30(47)45(2)32(44)48)27(42-31(43-28)33(36,37)38)40-22-9-5-7-18(26(22)35)17-6-4-8-19(25(17)34)20-11-10-16(29(41-20)49-3)14-39-21-12-13-50-15-23(21)46/h4-11,21,23,39,46H,12-15H2,1-3H3,(H,40,42,43)/t21-,23+/m1/s1. The molecule has 3 N–H and O–H groups in total. The molecule has 4 heterocycles. The monoisotopic (exact) mass is 731 g/mol. The molecule has 5 aromatic rings. The van der Waals surface area contributed by atoms with Gasteiger partial charge < -0.3 is 25.2 Å². The van der Waals surface area contributed by atoms with Crippen molar-refractivity contribution in [1.29, 1.82) is 0 Å². The Kier molecular flexibility index (Phi) is 9.88. The molecule has 1 aliphatic heterocycles. The normalized spacial score (nSPS) is 16.5. The van der Waals surface area contributed by atoms with Crippen LogP contribution in [0.15, 0.2) is 58.1 Å². The molecule has 2 atom stereocenters. The van der Waals surface area contributed by atoms with Gasteiger partial charge in [0, 0.05) is 55.5 Å². The number of rotatable bonds is 8. The van der Waals surface area contributed by atoms with Crippen molar-refractivity contribution >= 4 is 45.7 Å². The van der Waals surface area contributed by atoms with Gasteiger partial charge in [-0.1, -0.05) is 59.6 Å². The lowest BCUT2D eigenvalue weighted by molar-refractivity contribution is -0.144. The van der Waals surface area contributed by atoms with Crippen molar-refractivity contribution in [1.82, 2.24) is 29.4 Å². The zero-order valence-corrected chi connectivity index (χ0v) is 28.3. The van der Waals surface area contributed by atoms with Crippen LogP contribution in [0.4, 0.5) is 24.7 Å². The lowest BCUT2D eigenvalue weighted by Gasteiger charge is -2.28. The molecular formula is C33H30Cl2F3N7O5. The molecule has 262 valence electrons. The molecule has 0 radical (unpaired) electrons. The van der Waals surface area contributed by atoms with Crippen molar-refractivity contribution in [3.8, 4) is 28.3 Å². The molecule has 17 heteroatoms. The maximum Gasteiger partial charge on any atom is 0.451 e. The number of halogens is 5. The van der Waals surface area contributed by atoms with E-state index in [1.54, 1.807) is 36.4 Å². The number of fused-ring (bicyclic) bond motifs is 1. The highest BCUT2D eigenvalue weighted by molar-refractivity contribution is 6.39. The van der Waals surface area contributed by atoms with E-state index in [9.17, 15) is 27.9 Å². The van der Waals surface area contributed by atoms with E-state index in [2.05, 4.69) is 25.6 Å². The summed E-state index contributed by atoms with van der Waals surface area (Å²) < 4.78 is 54.0. The van der Waals surface area contributed by atoms with Crippen LogP contribution >= 0.6 is 23.2 Å². The Labute approximate surface area is 292 Å². The molecule has 0 aliphatic carbocycles. The molecule has 3 aromatic heterocycles. The number of ether oxygens (including phenoxy) is 2. The highest BCUT2D eigenvalue weighted by Gasteiger charge is 2.37. The Hall–Kier alpha value is -4.54. The van der Waals surface area contributed by atoms with Crippen molar-refractivity contribution in [3.63, 3.8) is 0 Å². The summed E-state index contributed by atoms with van der Waals surface area (Å²) in [6, 6.07) is 13.5. The lowest BCUT2D eigenvalue weighted by Crippen LogP contribution is -2.46. The largest absolute Gasteiger partial charge is 0.481 e. The maximum atomic E-state index is 13.8. The number of aromatic nitrogens is 5. The summed E-state index contributed by atoms with van der Waals surface area (Å²) in [7, 11) is 3.90. The second-order valence-electron chi connectivity index (χ2n) is 11.5. The molecule has 0 spiro atoms. The van der Waals surface area contributed by atoms with Crippen molar-refractivity contribution in [3.05, 3.63) is 90.8 Å². The van der Waals surface area contributed by atoms with Crippen LogP contribution in [0.25, 0.3) is 33.4 Å². The Morgan fingerprint density at radius 2 is 1.68 bits per heavy atom. The van der Waals surface area contributed by atoms with Gasteiger partial charge in [0.05, 0.1) is 41.2 Å². The summed E-state index contributed by atoms with van der Waals surface area (Å²) in [5.41, 5.74) is 0.583. The number of benzene rings is 2. The first-order valence-electron chi connectivity index (χ1n) is 15.2. The first-order chi connectivity index (χ1) is 23.8. The maximum absolute atomic E-state index is 13.8. The molecular weight excluding hydrogens is 702 g/mol. The summed E-state index contributed by atoms with van der Waals surface area (Å²) >= 11 is 13.8. The number of nitrogens with zero attached hydrogens (tertiary/aromatic N) is 5. The van der Waals surface area contributed by atoms with Crippen LogP contribution in [0.2, 0.25) is 10.0 Å². The summed E-state index contributed by atoms with van der Waals surface area (Å²) in [5.74, 6) is -1.68. The summed E-state index contributed by atoms with van der Waals surface area (Å²) in [6.07, 6.45) is -4.94. The Morgan fingerprint density at radius 1 is 0.980 bits per heavy atom. The van der Waals surface area contributed by atoms with E-state index >= 15 is 0 Å². The number of hydrogen-bond acceptors (Lipinski definition) is 10. The van der Waals surface area contributed by atoms with Gasteiger partial charge in [-0.2, -0.15) is 13.2 Å². The number of aliphatic hydroxyl groups is 1. The molecule has 0 amide bonds. The van der Waals surface area contributed by atoms with Crippen molar-refractivity contribution in [2.45, 2.75) is 31.3 Å². The average Bonchev–Trinajstić information content (AvgIpc) is 3.10. The van der Waals surface area contributed by atoms with Gasteiger partial charge in [-0.25, -0.2) is 19.7 Å². The van der Waals surface area contributed by atoms with E-state index in [-0.39, 0.29) is 33.8 Å². The summed E-state index contributed by atoms with van der Waals surface area (Å²) in [6.45, 7) is 1.22. The van der Waals surface area contributed by atoms with E-state index in [1.165, 1.54) is 27.3 Å². The number of anilines is 2. The van der Waals surface area contributed by atoms with Crippen LogP contribution in [0.5, 0.6) is 5.88 Å². The van der Waals surface area contributed by atoms with Gasteiger partial charge in [-0.15, -0.1) is 0 Å². The quantitative estimate of drug-likeness (QED) is 0.198. The third kappa shape index (κ3) is 6.66. The topological polar surface area (TPSA) is 145 Å². The van der Waals surface area contributed by atoms with Gasteiger partial charge in [0.25, 0.3) is 5.56 Å². The fourth-order valence-electron chi connectivity index (χ4n) is 5.71. The molecule has 1 saturated heterocycles. The smallest absolute Gasteiger partial charge is 0.451 e. The number of nitrogens with one attached hydrogen (secondary N) is 2. The lowest BCUT2D eigenvalue weighted by atomic mass is 10.00. The fraction of sp³-hybridized carbons (Fsp3) is 0.303. The van der Waals surface area contributed by atoms with E-state index in [0.29, 0.717) is 47.8 Å². The van der Waals surface area contributed by atoms with Crippen molar-refractivity contribution < 1.29 is 27.8 Å². The number of aliphatic hydroxyl groups excluding tert-OH is 1. The van der Waals surface area contributed by atoms with Crippen molar-refractivity contribution in [2.75, 3.05) is 25.6 Å². The van der Waals surface area contributed by atoms with Crippen LogP contribution in [0.1, 0.15) is 17.8 Å². The van der Waals surface area contributed by atoms with E-state index < -0.39 is 40.8 Å². The zero-order chi connectivity index (χ0) is 35.9. The Bertz CT molecular complexity index is 2230. The second-order valence-corrected chi connectivity index (χ2v) is 12.3. The molecule has 50 heavy (non-hydrogen) atoms. The predicted molar refractivity (Wildman–Crippen MR) is 182 cm³/mol. The summed E-state index contributed by atoms with van der Waals surface area (Å²) in [4.78, 5) is 37.4. The SMILES string of the molecule is COc1nc(-c2cccc(-c3cccc(Nc4nc(C(F)(F)F)nc5c4c(=O)n(C)c(=O)n5C)c3Cl)c2Cl)ccc1CN[C@@H]1CCOC[C@@H]1O. The number of alkyl halides is 3. The minimum Gasteiger partial charge on any atom is -0.481 e. The minimum absolute atomic E-state index is 0.0655. The summed E-state index contributed by atoms with van der Waals surface area (Å²) in [5, 5.41) is 16.3. The van der Waals surface area contributed by atoms with Gasteiger partial charge >= 0.3 is 11.9 Å². The third-order valence-electron chi connectivity index (χ3n) is 8.38. The van der Waals surface area contributed by atoms with E-state index in [1.807, 2.05) is 6.07 Å². The fourth-order valence-corrected chi connectivity index (χ4v) is 6.31. The second kappa shape index (κ2) is 14.0. The average molecular weight is 733 g/mol. The number of pyridine rings is 1. The molecule has 0 saturated carbocycles. The van der Waals surface area contributed by atoms with E-state index in [4.69, 9.17) is 32.7 Å². The molecule has 0 unspecified atom stereocenters. The Balaban J connectivity index is 1.36. The first kappa shape index (κ1) is 35.3. The molecule has 6 rings (SSSR count). The predicted octanol–water partition coefficient (Wildman–Crippen LogP) is 5.07. The van der Waals surface area contributed by atoms with Gasteiger partial charge in [0.2, 0.25) is 11.7 Å². The highest BCUT2D eigenvalue weighted by atomic mass is 35.5. The van der Waals surface area contributed by atoms with Crippen LogP contribution < -0.4 is 26.6 Å². The Morgan fingerprint density at radius 3 is 2.38 bits per heavy atom. The molecule has 1 fully saturated rings. The molecule has 0 bridgehead atoms. The molecule has 2 aromatic carbocycles. The first-order valence-corrected chi connectivity index (χ1v) is 16.0. The molecule has 1 aliphatic rings. The number of hydrogen-bond donors (Lipinski definition) is 3. The van der Waals surface area contributed by atoms with Gasteiger partial charge in [0.1, 0.15) is 11.2 Å². The van der Waals surface area contributed by atoms with Gasteiger partial charge in [-0.05, 0) is 18.6 Å². The van der Waals surface area contributed by atoms with Crippen LogP contribution in [-0.4, -0.2) is 61.7 Å². The molecule has 12 nitrogen and oxygen atoms in total. The number of aryl methyl sites for hydroxylation is 1. The highest BCUT2D eigenvalue weighted by Crippen LogP contribution is 2.42. The minimum atomic E-state index is -4.99. The van der Waals surface area contributed by atoms with Crippen LogP contribution in [0, 0.1) is 0 Å². The van der Waals surface area contributed by atoms with Gasteiger partial charge in [-0.3, -0.25) is 13.9 Å². The van der Waals surface area contributed by atoms with Crippen LogP contribution in [-0.2, 0) is 31.6 Å². The van der Waals surface area contributed by atoms with E-state index in [0.717, 1.165) is 14.7 Å². The van der Waals surface area contributed by atoms with Gasteiger partial charge in [0.15, 0.2) is 5.65 Å². The third-order valence-corrected chi connectivity index (χ3v) is 9.20. The number of methoxy groups -OCH3 is 1. The zero-order valence-electron chi connectivity index (χ0n) is 26.8. The van der Waals surface area contributed by atoms with Crippen LogP contribution in [0.3, 0.4) is 0 Å².